The zero-order valence-electron chi connectivity index (χ0n) is 10.8. The fraction of sp³-hybridized carbons (Fsp3) is 0.571. The van der Waals surface area contributed by atoms with Gasteiger partial charge in [0.25, 0.3) is 0 Å². The van der Waals surface area contributed by atoms with E-state index in [4.69, 9.17) is 5.11 Å². The van der Waals surface area contributed by atoms with Crippen LogP contribution in [0.25, 0.3) is 0 Å². The van der Waals surface area contributed by atoms with E-state index in [1.807, 2.05) is 19.2 Å². The van der Waals surface area contributed by atoms with Crippen LogP contribution in [0.3, 0.4) is 0 Å². The van der Waals surface area contributed by atoms with Gasteiger partial charge in [0.2, 0.25) is 0 Å². The highest BCUT2D eigenvalue weighted by molar-refractivity contribution is 5.69. The van der Waals surface area contributed by atoms with Crippen LogP contribution in [0.2, 0.25) is 0 Å². The molecule has 4 heteroatoms. The van der Waals surface area contributed by atoms with Crippen LogP contribution < -0.4 is 0 Å². The van der Waals surface area contributed by atoms with Gasteiger partial charge in [0.05, 0.1) is 6.54 Å². The van der Waals surface area contributed by atoms with Gasteiger partial charge in [-0.05, 0) is 37.0 Å². The number of aryl methyl sites for hydroxylation is 1. The quantitative estimate of drug-likeness (QED) is 0.868. The largest absolute Gasteiger partial charge is 0.480 e. The van der Waals surface area contributed by atoms with E-state index in [0.29, 0.717) is 12.6 Å². The van der Waals surface area contributed by atoms with Crippen molar-refractivity contribution < 1.29 is 9.90 Å². The molecule has 1 fully saturated rings. The molecule has 0 radical (unpaired) electrons. The first-order valence-corrected chi connectivity index (χ1v) is 6.52. The number of aromatic nitrogens is 1. The van der Waals surface area contributed by atoms with E-state index in [1.54, 1.807) is 6.20 Å². The van der Waals surface area contributed by atoms with Crippen molar-refractivity contribution in [2.45, 2.75) is 45.2 Å². The average Bonchev–Trinajstić information content (AvgIpc) is 2.84. The Hall–Kier alpha value is -1.42. The molecule has 0 aromatic carbocycles. The fourth-order valence-corrected chi connectivity index (χ4v) is 2.64. The topological polar surface area (TPSA) is 53.4 Å². The third-order valence-electron chi connectivity index (χ3n) is 3.70. The molecule has 0 bridgehead atoms. The van der Waals surface area contributed by atoms with Gasteiger partial charge < -0.3 is 5.11 Å². The van der Waals surface area contributed by atoms with Gasteiger partial charge >= 0.3 is 5.97 Å². The van der Waals surface area contributed by atoms with Gasteiger partial charge in [-0.25, -0.2) is 0 Å². The first kappa shape index (κ1) is 13.0. The summed E-state index contributed by atoms with van der Waals surface area (Å²) in [5, 5.41) is 9.03. The van der Waals surface area contributed by atoms with Crippen molar-refractivity contribution >= 4 is 5.97 Å². The van der Waals surface area contributed by atoms with Gasteiger partial charge in [-0.2, -0.15) is 0 Å². The van der Waals surface area contributed by atoms with Crippen molar-refractivity contribution in [3.63, 3.8) is 0 Å². The third kappa shape index (κ3) is 3.29. The summed E-state index contributed by atoms with van der Waals surface area (Å²) in [4.78, 5) is 17.2. The first-order valence-electron chi connectivity index (χ1n) is 6.52. The molecular weight excluding hydrogens is 228 g/mol. The van der Waals surface area contributed by atoms with Crippen LogP contribution in [0, 0.1) is 6.92 Å². The van der Waals surface area contributed by atoms with Gasteiger partial charge in [0, 0.05) is 25.0 Å². The second-order valence-corrected chi connectivity index (χ2v) is 5.04. The molecule has 0 atom stereocenters. The third-order valence-corrected chi connectivity index (χ3v) is 3.70. The summed E-state index contributed by atoms with van der Waals surface area (Å²) < 4.78 is 0. The number of pyridine rings is 1. The molecule has 1 aromatic rings. The lowest BCUT2D eigenvalue weighted by atomic mass is 10.1. The van der Waals surface area contributed by atoms with Crippen LogP contribution in [0.4, 0.5) is 0 Å². The van der Waals surface area contributed by atoms with E-state index in [-0.39, 0.29) is 6.54 Å². The number of aliphatic carboxylic acids is 1. The number of rotatable bonds is 5. The predicted octanol–water partition coefficient (Wildman–Crippen LogP) is 2.22. The minimum atomic E-state index is -0.747. The summed E-state index contributed by atoms with van der Waals surface area (Å²) in [6, 6.07) is 2.39. The Kier molecular flexibility index (Phi) is 4.31. The van der Waals surface area contributed by atoms with Crippen molar-refractivity contribution in [1.82, 2.24) is 9.88 Å². The Morgan fingerprint density at radius 3 is 2.83 bits per heavy atom. The molecule has 0 amide bonds. The molecule has 98 valence electrons. The number of hydrogen-bond acceptors (Lipinski definition) is 3. The monoisotopic (exact) mass is 248 g/mol. The van der Waals surface area contributed by atoms with Gasteiger partial charge in [-0.3, -0.25) is 14.7 Å². The lowest BCUT2D eigenvalue weighted by Crippen LogP contribution is -2.37. The Morgan fingerprint density at radius 1 is 1.50 bits per heavy atom. The molecule has 0 unspecified atom stereocenters. The number of carboxylic acids is 1. The van der Waals surface area contributed by atoms with Crippen molar-refractivity contribution in [2.75, 3.05) is 6.54 Å². The van der Waals surface area contributed by atoms with Crippen molar-refractivity contribution in [3.05, 3.63) is 29.6 Å². The van der Waals surface area contributed by atoms with Gasteiger partial charge in [-0.15, -0.1) is 0 Å². The summed E-state index contributed by atoms with van der Waals surface area (Å²) in [6.07, 6.45) is 8.29. The van der Waals surface area contributed by atoms with Crippen molar-refractivity contribution in [3.8, 4) is 0 Å². The highest BCUT2D eigenvalue weighted by atomic mass is 16.4. The molecule has 0 spiro atoms. The van der Waals surface area contributed by atoms with Crippen LogP contribution in [0.5, 0.6) is 0 Å². The van der Waals surface area contributed by atoms with Crippen LogP contribution in [0.15, 0.2) is 18.5 Å². The van der Waals surface area contributed by atoms with E-state index < -0.39 is 5.97 Å². The summed E-state index contributed by atoms with van der Waals surface area (Å²) in [7, 11) is 0. The number of carbonyl (C=O) groups is 1. The maximum absolute atomic E-state index is 11.0. The SMILES string of the molecule is Cc1ccncc1CN(CC(=O)O)C1CCCC1. The minimum Gasteiger partial charge on any atom is -0.480 e. The molecule has 18 heavy (non-hydrogen) atoms. The Labute approximate surface area is 108 Å². The molecule has 1 saturated carbocycles. The average molecular weight is 248 g/mol. The first-order chi connectivity index (χ1) is 8.66. The van der Waals surface area contributed by atoms with Gasteiger partial charge in [-0.1, -0.05) is 12.8 Å². The molecule has 1 aliphatic carbocycles. The number of carboxylic acid groups (broad SMARTS) is 1. The zero-order chi connectivity index (χ0) is 13.0. The van der Waals surface area contributed by atoms with Crippen LogP contribution >= 0.6 is 0 Å². The predicted molar refractivity (Wildman–Crippen MR) is 69.3 cm³/mol. The smallest absolute Gasteiger partial charge is 0.317 e. The standard InChI is InChI=1S/C14H20N2O2/c1-11-6-7-15-8-12(11)9-16(10-14(17)18)13-4-2-3-5-13/h6-8,13H,2-5,9-10H2,1H3,(H,17,18). The van der Waals surface area contributed by atoms with E-state index in [0.717, 1.165) is 18.4 Å². The van der Waals surface area contributed by atoms with E-state index >= 15 is 0 Å². The summed E-state index contributed by atoms with van der Waals surface area (Å²) in [5.74, 6) is -0.747. The molecule has 1 aliphatic rings. The Bertz CT molecular complexity index is 414. The normalized spacial score (nSPS) is 16.3. The van der Waals surface area contributed by atoms with Crippen molar-refractivity contribution in [1.29, 1.82) is 0 Å². The fourth-order valence-electron chi connectivity index (χ4n) is 2.64. The number of hydrogen-bond donors (Lipinski definition) is 1. The van der Waals surface area contributed by atoms with Crippen molar-refractivity contribution in [2.24, 2.45) is 0 Å². The Balaban J connectivity index is 2.09. The van der Waals surface area contributed by atoms with Gasteiger partial charge in [0.1, 0.15) is 0 Å². The maximum Gasteiger partial charge on any atom is 0.317 e. The van der Waals surface area contributed by atoms with Crippen LogP contribution in [-0.2, 0) is 11.3 Å². The molecule has 1 heterocycles. The molecule has 0 saturated heterocycles. The summed E-state index contributed by atoms with van der Waals surface area (Å²) in [6.45, 7) is 2.86. The second kappa shape index (κ2) is 5.96. The minimum absolute atomic E-state index is 0.124. The Morgan fingerprint density at radius 2 is 2.22 bits per heavy atom. The second-order valence-electron chi connectivity index (χ2n) is 5.04. The molecular formula is C14H20N2O2. The van der Waals surface area contributed by atoms with E-state index in [2.05, 4.69) is 9.88 Å². The lowest BCUT2D eigenvalue weighted by Gasteiger charge is -2.27. The van der Waals surface area contributed by atoms with E-state index in [9.17, 15) is 4.79 Å². The lowest BCUT2D eigenvalue weighted by molar-refractivity contribution is -0.139. The highest BCUT2D eigenvalue weighted by Gasteiger charge is 2.24. The molecule has 1 aromatic heterocycles. The van der Waals surface area contributed by atoms with E-state index in [1.165, 1.54) is 18.4 Å². The molecule has 0 aliphatic heterocycles. The molecule has 4 nitrogen and oxygen atoms in total. The number of nitrogens with zero attached hydrogens (tertiary/aromatic N) is 2. The molecule has 1 N–H and O–H groups in total. The zero-order valence-corrected chi connectivity index (χ0v) is 10.8. The summed E-state index contributed by atoms with van der Waals surface area (Å²) >= 11 is 0. The van der Waals surface area contributed by atoms with Gasteiger partial charge in [0.15, 0.2) is 0 Å². The summed E-state index contributed by atoms with van der Waals surface area (Å²) in [5.41, 5.74) is 2.31. The molecule has 2 rings (SSSR count). The highest BCUT2D eigenvalue weighted by Crippen LogP contribution is 2.25. The maximum atomic E-state index is 11.0. The van der Waals surface area contributed by atoms with Crippen LogP contribution in [0.1, 0.15) is 36.8 Å². The van der Waals surface area contributed by atoms with Crippen LogP contribution in [-0.4, -0.2) is 33.5 Å².